The summed E-state index contributed by atoms with van der Waals surface area (Å²) in [4.78, 5) is 12.1. The molecular weight excluding hydrogens is 395 g/mol. The fourth-order valence-electron chi connectivity index (χ4n) is 2.40. The lowest BCUT2D eigenvalue weighted by molar-refractivity contribution is -0.121. The second-order valence-corrected chi connectivity index (χ2v) is 8.49. The van der Waals surface area contributed by atoms with Gasteiger partial charge in [0, 0.05) is 23.0 Å². The van der Waals surface area contributed by atoms with Gasteiger partial charge in [0.1, 0.15) is 0 Å². The zero-order valence-corrected chi connectivity index (χ0v) is 16.6. The minimum Gasteiger partial charge on any atom is -0.356 e. The quantitative estimate of drug-likeness (QED) is 0.696. The fraction of sp³-hybridized carbons (Fsp3) is 0.278. The summed E-state index contributed by atoms with van der Waals surface area (Å²) < 4.78 is 25.6. The van der Waals surface area contributed by atoms with Crippen molar-refractivity contribution < 1.29 is 13.2 Å². The lowest BCUT2D eigenvalue weighted by Crippen LogP contribution is -2.25. The molecule has 0 aliphatic carbocycles. The Balaban J connectivity index is 1.78. The van der Waals surface area contributed by atoms with Gasteiger partial charge in [0.25, 0.3) is 0 Å². The minimum absolute atomic E-state index is 0.0648. The Bertz CT molecular complexity index is 848. The Hall–Kier alpha value is -1.60. The molecule has 0 heterocycles. The molecule has 0 radical (unpaired) electrons. The van der Waals surface area contributed by atoms with E-state index in [1.54, 1.807) is 18.2 Å². The van der Waals surface area contributed by atoms with Crippen LogP contribution in [0.2, 0.25) is 10.0 Å². The molecule has 0 spiro atoms. The number of hydrogen-bond donors (Lipinski definition) is 2. The number of rotatable bonds is 8. The third-order valence-corrected chi connectivity index (χ3v) is 5.67. The van der Waals surface area contributed by atoms with E-state index in [0.29, 0.717) is 35.9 Å². The van der Waals surface area contributed by atoms with E-state index in [4.69, 9.17) is 23.2 Å². The Morgan fingerprint density at radius 2 is 1.58 bits per heavy atom. The summed E-state index contributed by atoms with van der Waals surface area (Å²) in [6, 6.07) is 11.8. The molecule has 8 heteroatoms. The van der Waals surface area contributed by atoms with Crippen molar-refractivity contribution >= 4 is 39.1 Å². The SMILES string of the molecule is CNS(=O)(=O)c1ccc(CCC(=O)NCCc2cc(Cl)cc(Cl)c2)cc1. The van der Waals surface area contributed by atoms with Gasteiger partial charge in [-0.05, 0) is 61.3 Å². The largest absolute Gasteiger partial charge is 0.356 e. The second kappa shape index (κ2) is 9.37. The summed E-state index contributed by atoms with van der Waals surface area (Å²) in [5.74, 6) is -0.0648. The van der Waals surface area contributed by atoms with Crippen molar-refractivity contribution in [3.63, 3.8) is 0 Å². The van der Waals surface area contributed by atoms with Gasteiger partial charge in [0.15, 0.2) is 0 Å². The predicted molar refractivity (Wildman–Crippen MR) is 104 cm³/mol. The topological polar surface area (TPSA) is 75.3 Å². The smallest absolute Gasteiger partial charge is 0.240 e. The lowest BCUT2D eigenvalue weighted by Gasteiger charge is -2.07. The highest BCUT2D eigenvalue weighted by Gasteiger charge is 2.10. The molecule has 0 atom stereocenters. The van der Waals surface area contributed by atoms with Crippen molar-refractivity contribution in [2.24, 2.45) is 0 Å². The van der Waals surface area contributed by atoms with E-state index in [0.717, 1.165) is 11.1 Å². The molecule has 26 heavy (non-hydrogen) atoms. The first-order valence-electron chi connectivity index (χ1n) is 8.04. The Morgan fingerprint density at radius 1 is 0.962 bits per heavy atom. The van der Waals surface area contributed by atoms with E-state index in [2.05, 4.69) is 10.0 Å². The Kier molecular flexibility index (Phi) is 7.46. The van der Waals surface area contributed by atoms with Crippen molar-refractivity contribution in [2.45, 2.75) is 24.2 Å². The Labute approximate surface area is 163 Å². The highest BCUT2D eigenvalue weighted by Crippen LogP contribution is 2.19. The molecule has 0 unspecified atom stereocenters. The van der Waals surface area contributed by atoms with Gasteiger partial charge in [0.05, 0.1) is 4.90 Å². The second-order valence-electron chi connectivity index (χ2n) is 5.73. The molecule has 0 saturated carbocycles. The van der Waals surface area contributed by atoms with Gasteiger partial charge in [-0.3, -0.25) is 4.79 Å². The van der Waals surface area contributed by atoms with Gasteiger partial charge in [-0.1, -0.05) is 35.3 Å². The number of carbonyl (C=O) groups excluding carboxylic acids is 1. The summed E-state index contributed by atoms with van der Waals surface area (Å²) in [7, 11) is -2.07. The van der Waals surface area contributed by atoms with Gasteiger partial charge >= 0.3 is 0 Å². The standard InChI is InChI=1S/C18H20Cl2N2O3S/c1-21-26(24,25)17-5-2-13(3-6-17)4-7-18(23)22-9-8-14-10-15(19)12-16(20)11-14/h2-3,5-6,10-12,21H,4,7-9H2,1H3,(H,22,23). The van der Waals surface area contributed by atoms with Crippen LogP contribution in [0.5, 0.6) is 0 Å². The summed E-state index contributed by atoms with van der Waals surface area (Å²) in [6.07, 6.45) is 1.51. The lowest BCUT2D eigenvalue weighted by atomic mass is 10.1. The molecule has 5 nitrogen and oxygen atoms in total. The number of benzene rings is 2. The number of halogens is 2. The first kappa shape index (κ1) is 20.7. The molecular formula is C18H20Cl2N2O3S. The van der Waals surface area contributed by atoms with Crippen LogP contribution in [0.15, 0.2) is 47.4 Å². The predicted octanol–water partition coefficient (Wildman–Crippen LogP) is 3.19. The monoisotopic (exact) mass is 414 g/mol. The number of amides is 1. The molecule has 0 fully saturated rings. The van der Waals surface area contributed by atoms with Crippen LogP contribution in [0.25, 0.3) is 0 Å². The van der Waals surface area contributed by atoms with Crippen molar-refractivity contribution in [1.82, 2.24) is 10.0 Å². The molecule has 0 bridgehead atoms. The fourth-order valence-corrected chi connectivity index (χ4v) is 3.70. The Morgan fingerprint density at radius 3 is 2.15 bits per heavy atom. The third-order valence-electron chi connectivity index (χ3n) is 3.80. The summed E-state index contributed by atoms with van der Waals surface area (Å²) >= 11 is 11.9. The number of aryl methyl sites for hydroxylation is 1. The maximum Gasteiger partial charge on any atom is 0.240 e. The van der Waals surface area contributed by atoms with Gasteiger partial charge in [-0.25, -0.2) is 13.1 Å². The zero-order valence-electron chi connectivity index (χ0n) is 14.3. The molecule has 0 aliphatic heterocycles. The van der Waals surface area contributed by atoms with Gasteiger partial charge < -0.3 is 5.32 Å². The summed E-state index contributed by atoms with van der Waals surface area (Å²) in [6.45, 7) is 0.495. The van der Waals surface area contributed by atoms with Crippen LogP contribution in [0.4, 0.5) is 0 Å². The molecule has 2 aromatic carbocycles. The highest BCUT2D eigenvalue weighted by atomic mass is 35.5. The van der Waals surface area contributed by atoms with E-state index in [1.165, 1.54) is 19.2 Å². The van der Waals surface area contributed by atoms with Crippen LogP contribution in [-0.2, 0) is 27.7 Å². The van der Waals surface area contributed by atoms with E-state index in [-0.39, 0.29) is 10.8 Å². The van der Waals surface area contributed by atoms with E-state index < -0.39 is 10.0 Å². The van der Waals surface area contributed by atoms with E-state index in [9.17, 15) is 13.2 Å². The minimum atomic E-state index is -3.44. The molecule has 140 valence electrons. The highest BCUT2D eigenvalue weighted by molar-refractivity contribution is 7.89. The first-order chi connectivity index (χ1) is 12.3. The van der Waals surface area contributed by atoms with E-state index >= 15 is 0 Å². The van der Waals surface area contributed by atoms with Gasteiger partial charge in [-0.15, -0.1) is 0 Å². The van der Waals surface area contributed by atoms with E-state index in [1.807, 2.05) is 12.1 Å². The van der Waals surface area contributed by atoms with Crippen molar-refractivity contribution in [3.05, 3.63) is 63.6 Å². The van der Waals surface area contributed by atoms with Crippen molar-refractivity contribution in [1.29, 1.82) is 0 Å². The molecule has 0 saturated heterocycles. The van der Waals surface area contributed by atoms with Crippen molar-refractivity contribution in [3.8, 4) is 0 Å². The number of carbonyl (C=O) groups is 1. The number of hydrogen-bond acceptors (Lipinski definition) is 3. The van der Waals surface area contributed by atoms with Crippen LogP contribution in [0.1, 0.15) is 17.5 Å². The summed E-state index contributed by atoms with van der Waals surface area (Å²) in [5, 5.41) is 4.00. The average Bonchev–Trinajstić information content (AvgIpc) is 2.59. The maximum atomic E-state index is 11.9. The molecule has 2 N–H and O–H groups in total. The van der Waals surface area contributed by atoms with Crippen LogP contribution < -0.4 is 10.0 Å². The number of sulfonamides is 1. The molecule has 1 amide bonds. The van der Waals surface area contributed by atoms with Crippen molar-refractivity contribution in [2.75, 3.05) is 13.6 Å². The van der Waals surface area contributed by atoms with Crippen LogP contribution in [-0.4, -0.2) is 27.9 Å². The van der Waals surface area contributed by atoms with Gasteiger partial charge in [0.2, 0.25) is 15.9 Å². The van der Waals surface area contributed by atoms with Crippen LogP contribution in [0, 0.1) is 0 Å². The third kappa shape index (κ3) is 6.29. The molecule has 0 aliphatic rings. The zero-order chi connectivity index (χ0) is 19.2. The van der Waals surface area contributed by atoms with Gasteiger partial charge in [-0.2, -0.15) is 0 Å². The summed E-state index contributed by atoms with van der Waals surface area (Å²) in [5.41, 5.74) is 1.86. The number of nitrogens with one attached hydrogen (secondary N) is 2. The first-order valence-corrected chi connectivity index (χ1v) is 10.3. The average molecular weight is 415 g/mol. The molecule has 0 aromatic heterocycles. The van der Waals surface area contributed by atoms with Crippen LogP contribution in [0.3, 0.4) is 0 Å². The molecule has 2 aromatic rings. The molecule has 2 rings (SSSR count). The maximum absolute atomic E-state index is 11.9. The normalized spacial score (nSPS) is 11.3. The van der Waals surface area contributed by atoms with Crippen LogP contribution >= 0.6 is 23.2 Å².